The first-order chi connectivity index (χ1) is 68.7. The number of hydrogen-bond acceptors (Lipinski definition) is 16. The number of carbonyl (C=O) groups is 4. The van der Waals surface area contributed by atoms with E-state index in [4.69, 9.17) is 338 Å². The van der Waals surface area contributed by atoms with E-state index in [1.165, 1.54) is 22.7 Å². The molecular weight excluding hydrogens is 2030 g/mol. The molecule has 3 N–H and O–H groups in total. The summed E-state index contributed by atoms with van der Waals surface area (Å²) in [5.74, 6) is -0.661. The Bertz CT molecular complexity index is 4570. The SMILES string of the molecule is CC(C)(C)OC(=O)N1CCN(c2ccncc2NC(=O)c2csc(-n3cc(I)cn3)n2)CC1.CC(C)(C)OC(=O)N1CCN(c2ccncc2NC(=O)c2csc(Cl)n2)CC1.Ic1cn[nH]c1.[B][B]B(B([B])[B])B(B([B])[B])B(B(B([B])[B])B([B])[B])B(B(B(B(B([B])[B])B([B])[B])B(B([B])[B])B([B])[B])B(B(B([B])[B])B([B])[B])B(B([B])[B])B([B])[B])B(B(B(B([B])[B])B([B])[B])B(B([B])[B])B([B])[B])B(B(B([B])[B])B([B])[B])B(B([B])[B])B([B])[B]. The predicted molar refractivity (Wildman–Crippen MR) is 741 cm³/mol. The predicted octanol–water partition coefficient (Wildman–Crippen LogP) is -22.7. The number of halogens is 3. The number of aromatic amines is 1. The molecule has 0 spiro atoms. The van der Waals surface area contributed by atoms with Crippen molar-refractivity contribution < 1.29 is 28.7 Å². The Hall–Kier alpha value is 0.0697. The number of anilines is 4. The smallest absolute Gasteiger partial charge is 0.410 e. The second kappa shape index (κ2) is 64.8. The van der Waals surface area contributed by atoms with Gasteiger partial charge in [-0.05, 0) is 98.9 Å². The molecule has 83 radical (unpaired) electrons. The highest BCUT2D eigenvalue weighted by molar-refractivity contribution is 14.1. The zero-order chi connectivity index (χ0) is 113. The molecule has 106 heteroatoms. The number of amides is 4. The van der Waals surface area contributed by atoms with Crippen molar-refractivity contribution in [2.75, 3.05) is 72.8 Å². The van der Waals surface area contributed by atoms with Crippen LogP contribution in [-0.2, 0) is 9.47 Å². The Morgan fingerprint density at radius 2 is 0.642 bits per heavy atom. The molecule has 0 atom stereocenters. The third-order valence-electron chi connectivity index (χ3n) is 26.4. The number of nitrogens with zero attached hydrogens (tertiary/aromatic N) is 11. The fraction of sp³-hybridized carbons (Fsp3) is 0.381. The number of piperazine rings is 2. The first-order valence-corrected chi connectivity index (χ1v) is 51.7. The first-order valence-electron chi connectivity index (χ1n) is 47.4. The molecule has 8 rings (SSSR count). The van der Waals surface area contributed by atoms with Gasteiger partial charge in [0.1, 0.15) is 22.6 Å². The highest BCUT2D eigenvalue weighted by Crippen LogP contribution is 2.33. The van der Waals surface area contributed by atoms with Crippen molar-refractivity contribution in [2.24, 2.45) is 0 Å². The van der Waals surface area contributed by atoms with Gasteiger partial charge in [0.15, 0.2) is 4.47 Å². The fourth-order valence-corrected chi connectivity index (χ4v) is 22.8. The Morgan fingerprint density at radius 3 is 0.858 bits per heavy atom. The molecule has 0 aliphatic carbocycles. The molecule has 148 heavy (non-hydrogen) atoms. The molecule has 2 aliphatic rings. The van der Waals surface area contributed by atoms with E-state index in [1.54, 1.807) is 62.4 Å². The molecule has 20 nitrogen and oxygen atoms in total. The third-order valence-corrected chi connectivity index (χ3v) is 29.3. The van der Waals surface area contributed by atoms with Crippen LogP contribution in [0, 0.1) is 7.14 Å². The van der Waals surface area contributed by atoms with Crippen molar-refractivity contribution in [3.63, 3.8) is 0 Å². The maximum Gasteiger partial charge on any atom is 0.410 e. The number of carbonyl (C=O) groups excluding carboxylic acids is 4. The molecule has 0 saturated carbocycles. The summed E-state index contributed by atoms with van der Waals surface area (Å²) < 4.78 is 15.0. The van der Waals surface area contributed by atoms with E-state index in [0.29, 0.717) is 79.0 Å². The van der Waals surface area contributed by atoms with E-state index in [0.717, 1.165) is 25.6 Å². The van der Waals surface area contributed by atoms with Crippen LogP contribution in [-0.4, -0.2) is 711 Å². The number of aromatic nitrogens is 8. The van der Waals surface area contributed by atoms with Gasteiger partial charge in [-0.15, -0.1) is 22.7 Å². The fourth-order valence-electron chi connectivity index (χ4n) is 20.6. The minimum Gasteiger partial charge on any atom is -0.444 e. The highest BCUT2D eigenvalue weighted by atomic mass is 127. The maximum atomic E-state index is 12.9. The maximum absolute atomic E-state index is 12.9. The van der Waals surface area contributed by atoms with Gasteiger partial charge in [0.05, 0.1) is 54.7 Å². The summed E-state index contributed by atoms with van der Waals surface area (Å²) in [4.78, 5) is 74.1. The van der Waals surface area contributed by atoms with Gasteiger partial charge in [0, 0.05) is 661 Å². The van der Waals surface area contributed by atoms with E-state index >= 15 is 0 Å². The standard InChI is InChI=1S/C21H24IN7O3S.C18H22ClN5O3S.C3H3IN2.B81/c1-21(2,3)32-20(31)28-8-6-27(7-9-28)17-4-5-23-11-15(17)25-18(30)16-13-33-19(26-16)29-12-14(22)10-24-29;1-18(2,3)27-17(26)24-8-6-23(7-9-24)14-4-5-20-10-12(14)21-15(25)13-11-28-16(19)22-13;4-3-1-5-6-2-3;1-42-63(43(2)3)73(62(40)41)78(72(60(36)37)61(38)39)81(79(74(64(44(4)5)45(6)7)65(46(8)9)47(10)11)75(66(48(12)13)49(14)15)67(50(16)17)51(18)19)80(76(68(52(20)21)53(22)23)69(54(24)25)55(26)27)77(70(56(28)29)57(30)31)71(58(32)33)59(34)35/h4-5,10-13H,6-9H2,1-3H3,(H,25,30);4-5,10-11H,6-9H2,1-3H3,(H,21,25);1-2H,(H,5,6);. The van der Waals surface area contributed by atoms with E-state index in [-0.39, 0.29) is 29.7 Å². The molecular formula is C42H49B81ClI2N14O6S2. The van der Waals surface area contributed by atoms with Crippen LogP contribution in [0.4, 0.5) is 32.3 Å². The summed E-state index contributed by atoms with van der Waals surface area (Å²) in [5.41, 5.74) is 2.40. The number of pyridine rings is 2. The van der Waals surface area contributed by atoms with Crippen LogP contribution >= 0.6 is 79.5 Å². The van der Waals surface area contributed by atoms with Crippen molar-refractivity contribution in [3.8, 4) is 5.13 Å². The summed E-state index contributed by atoms with van der Waals surface area (Å²) in [7, 11) is 283. The van der Waals surface area contributed by atoms with Gasteiger partial charge in [0.25, 0.3) is 11.8 Å². The van der Waals surface area contributed by atoms with Crippen molar-refractivity contribution in [1.29, 1.82) is 0 Å². The minimum absolute atomic E-state index is 0.263. The Balaban J connectivity index is 0.000000456. The lowest BCUT2D eigenvalue weighted by molar-refractivity contribution is 0.0230. The number of hydrogen-bond donors (Lipinski definition) is 3. The number of thiazole rings is 2. The lowest BCUT2D eigenvalue weighted by Gasteiger charge is -2.61. The molecule has 2 saturated heterocycles. The van der Waals surface area contributed by atoms with Crippen molar-refractivity contribution in [3.05, 3.63) is 95.5 Å². The monoisotopic (exact) mass is 2090 g/mol. The summed E-state index contributed by atoms with van der Waals surface area (Å²) in [5, 5.41) is 20.3. The van der Waals surface area contributed by atoms with Crippen LogP contribution in [0.1, 0.15) is 62.5 Å². The van der Waals surface area contributed by atoms with Gasteiger partial charge in [-0.25, -0.2) is 24.2 Å². The molecule has 599 valence electrons. The van der Waals surface area contributed by atoms with Crippen molar-refractivity contribution in [2.45, 2.75) is 52.7 Å². The van der Waals surface area contributed by atoms with Crippen molar-refractivity contribution in [1.82, 2.24) is 49.7 Å². The van der Waals surface area contributed by atoms with Crippen LogP contribution in [0.2, 0.25) is 4.47 Å². The van der Waals surface area contributed by atoms with E-state index in [2.05, 4.69) is 101 Å². The molecule has 2 aliphatic heterocycles. The second-order valence-corrected chi connectivity index (χ2v) is 44.1. The van der Waals surface area contributed by atoms with Crippen LogP contribution in [0.25, 0.3) is 5.13 Å². The normalized spacial score (nSPS) is 11.7. The topological polar surface area (TPSA) is 222 Å². The van der Waals surface area contributed by atoms with Crippen LogP contribution < -0.4 is 20.4 Å². The van der Waals surface area contributed by atoms with E-state index < -0.39 is 260 Å². The first kappa shape index (κ1) is 138. The van der Waals surface area contributed by atoms with Gasteiger partial charge < -0.3 is 39.7 Å². The average Bonchev–Trinajstić information content (AvgIpc) is 1.19. The minimum atomic E-state index is -1.93. The van der Waals surface area contributed by atoms with Crippen LogP contribution in [0.15, 0.2) is 72.5 Å². The molecule has 8 heterocycles. The lowest BCUT2D eigenvalue weighted by Crippen LogP contribution is -2.99. The number of nitrogens with one attached hydrogen (secondary N) is 3. The molecule has 0 aromatic carbocycles. The Morgan fingerprint density at radius 1 is 0.372 bits per heavy atom. The van der Waals surface area contributed by atoms with Crippen LogP contribution in [0.3, 0.4) is 0 Å². The third kappa shape index (κ3) is 40.3. The quantitative estimate of drug-likeness (QED) is 0.0239. The van der Waals surface area contributed by atoms with Gasteiger partial charge in [-0.2, -0.15) is 10.2 Å². The summed E-state index contributed by atoms with van der Waals surface area (Å²) in [6.07, 6.45) is -52.1. The Kier molecular flexibility index (Phi) is 60.6. The molecule has 0 bridgehead atoms. The summed E-state index contributed by atoms with van der Waals surface area (Å²) in [6.45, 7) is 15.7. The van der Waals surface area contributed by atoms with Crippen molar-refractivity contribution >= 4 is 700 Å². The van der Waals surface area contributed by atoms with Gasteiger partial charge in [0.2, 0.25) is 5.13 Å². The Labute approximate surface area is 993 Å². The molecule has 0 unspecified atom stereocenters. The number of ether oxygens (including phenoxy) is 2. The average molecular weight is 2080 g/mol. The molecule has 2 fully saturated rings. The summed E-state index contributed by atoms with van der Waals surface area (Å²) in [6, 6.07) is 3.70. The number of H-pyrrole nitrogens is 1. The highest BCUT2D eigenvalue weighted by Gasteiger charge is 2.67. The van der Waals surface area contributed by atoms with Gasteiger partial charge >= 0.3 is 12.2 Å². The van der Waals surface area contributed by atoms with Gasteiger partial charge in [-0.1, -0.05) is 11.6 Å². The zero-order valence-corrected chi connectivity index (χ0v) is 90.9. The largest absolute Gasteiger partial charge is 0.444 e. The lowest BCUT2D eigenvalue weighted by atomic mass is 8.20. The number of rotatable bonds is 46. The van der Waals surface area contributed by atoms with E-state index in [9.17, 15) is 19.2 Å². The molecule has 6 aromatic rings. The van der Waals surface area contributed by atoms with Gasteiger partial charge in [-0.3, -0.25) is 24.7 Å². The zero-order valence-electron chi connectivity index (χ0n) is 84.2. The second-order valence-electron chi connectivity index (χ2n) is 39.3. The summed E-state index contributed by atoms with van der Waals surface area (Å²) >= 11 is 12.7. The van der Waals surface area contributed by atoms with E-state index in [1.807, 2.05) is 66.1 Å². The molecule has 6 aromatic heterocycles. The molecule has 4 amide bonds. The van der Waals surface area contributed by atoms with Crippen LogP contribution in [0.5, 0.6) is 0 Å².